The van der Waals surface area contributed by atoms with Crippen molar-refractivity contribution in [3.05, 3.63) is 47.2 Å². The van der Waals surface area contributed by atoms with E-state index in [1.165, 1.54) is 0 Å². The highest BCUT2D eigenvalue weighted by Crippen LogP contribution is 2.22. The molecule has 3 aromatic rings. The summed E-state index contributed by atoms with van der Waals surface area (Å²) >= 11 is 1.61. The molecule has 0 radical (unpaired) electrons. The van der Waals surface area contributed by atoms with E-state index in [0.29, 0.717) is 12.3 Å². The Morgan fingerprint density at radius 3 is 3.17 bits per heavy atom. The number of imidazole rings is 1. The molecule has 0 aliphatic rings. The van der Waals surface area contributed by atoms with Gasteiger partial charge in [-0.3, -0.25) is 4.40 Å². The summed E-state index contributed by atoms with van der Waals surface area (Å²) in [5.74, 6) is 0.811. The van der Waals surface area contributed by atoms with E-state index in [4.69, 9.17) is 10.5 Å². The Kier molecular flexibility index (Phi) is 2.68. The minimum atomic E-state index is 0.457. The second kappa shape index (κ2) is 4.34. The molecule has 2 heterocycles. The molecule has 0 amide bonds. The zero-order chi connectivity index (χ0) is 12.5. The molecular formula is C13H13N3OS. The smallest absolute Gasteiger partial charge is 0.193 e. The van der Waals surface area contributed by atoms with Gasteiger partial charge in [-0.1, -0.05) is 6.07 Å². The van der Waals surface area contributed by atoms with Crippen LogP contribution in [0.4, 0.5) is 5.69 Å². The summed E-state index contributed by atoms with van der Waals surface area (Å²) in [5, 5.41) is 2.01. The molecule has 18 heavy (non-hydrogen) atoms. The van der Waals surface area contributed by atoms with Gasteiger partial charge in [0.25, 0.3) is 0 Å². The average molecular weight is 259 g/mol. The van der Waals surface area contributed by atoms with Crippen LogP contribution in [-0.4, -0.2) is 9.38 Å². The summed E-state index contributed by atoms with van der Waals surface area (Å²) in [5.41, 5.74) is 8.45. The van der Waals surface area contributed by atoms with Crippen molar-refractivity contribution in [3.63, 3.8) is 0 Å². The summed E-state index contributed by atoms with van der Waals surface area (Å²) in [4.78, 5) is 5.45. The van der Waals surface area contributed by atoms with Crippen LogP contribution in [0, 0.1) is 6.92 Å². The van der Waals surface area contributed by atoms with E-state index >= 15 is 0 Å². The SMILES string of the molecule is Cc1ccc(N)cc1OCc1cn2ccsc2n1. The van der Waals surface area contributed by atoms with Crippen LogP contribution in [0.3, 0.4) is 0 Å². The van der Waals surface area contributed by atoms with Gasteiger partial charge in [0.05, 0.1) is 5.69 Å². The molecule has 5 heteroatoms. The van der Waals surface area contributed by atoms with Crippen molar-refractivity contribution >= 4 is 22.0 Å². The first-order chi connectivity index (χ1) is 8.72. The number of ether oxygens (including phenoxy) is 1. The molecule has 2 N–H and O–H groups in total. The number of rotatable bonds is 3. The fourth-order valence-electron chi connectivity index (χ4n) is 1.77. The maximum Gasteiger partial charge on any atom is 0.193 e. The molecule has 0 bridgehead atoms. The number of hydrogen-bond donors (Lipinski definition) is 1. The summed E-state index contributed by atoms with van der Waals surface area (Å²) < 4.78 is 7.75. The lowest BCUT2D eigenvalue weighted by Crippen LogP contribution is -1.98. The van der Waals surface area contributed by atoms with Crippen molar-refractivity contribution in [3.8, 4) is 5.75 Å². The summed E-state index contributed by atoms with van der Waals surface area (Å²) in [6.45, 7) is 2.46. The van der Waals surface area contributed by atoms with Gasteiger partial charge in [-0.05, 0) is 18.6 Å². The summed E-state index contributed by atoms with van der Waals surface area (Å²) in [7, 11) is 0. The summed E-state index contributed by atoms with van der Waals surface area (Å²) in [6.07, 6.45) is 3.97. The number of aromatic nitrogens is 2. The lowest BCUT2D eigenvalue weighted by atomic mass is 10.2. The van der Waals surface area contributed by atoms with Crippen LogP contribution in [0.2, 0.25) is 0 Å². The lowest BCUT2D eigenvalue weighted by Gasteiger charge is -2.08. The predicted molar refractivity (Wildman–Crippen MR) is 73.0 cm³/mol. The molecule has 4 nitrogen and oxygen atoms in total. The molecule has 2 aromatic heterocycles. The third-order valence-electron chi connectivity index (χ3n) is 2.73. The number of thiazole rings is 1. The highest BCUT2D eigenvalue weighted by molar-refractivity contribution is 7.15. The van der Waals surface area contributed by atoms with Crippen LogP contribution < -0.4 is 10.5 Å². The Morgan fingerprint density at radius 1 is 1.44 bits per heavy atom. The van der Waals surface area contributed by atoms with Crippen molar-refractivity contribution in [1.29, 1.82) is 0 Å². The van der Waals surface area contributed by atoms with E-state index < -0.39 is 0 Å². The largest absolute Gasteiger partial charge is 0.487 e. The number of nitrogen functional groups attached to an aromatic ring is 1. The molecule has 0 aliphatic heterocycles. The van der Waals surface area contributed by atoms with E-state index in [9.17, 15) is 0 Å². The predicted octanol–water partition coefficient (Wildman–Crippen LogP) is 2.87. The first-order valence-corrected chi connectivity index (χ1v) is 6.50. The Labute approximate surface area is 109 Å². The van der Waals surface area contributed by atoms with E-state index in [1.54, 1.807) is 11.3 Å². The topological polar surface area (TPSA) is 52.5 Å². The van der Waals surface area contributed by atoms with Gasteiger partial charge in [-0.25, -0.2) is 4.98 Å². The third kappa shape index (κ3) is 2.04. The van der Waals surface area contributed by atoms with Crippen molar-refractivity contribution in [2.24, 2.45) is 0 Å². The fraction of sp³-hybridized carbons (Fsp3) is 0.154. The molecule has 0 aliphatic carbocycles. The molecule has 0 saturated heterocycles. The molecule has 0 spiro atoms. The standard InChI is InChI=1S/C13H13N3OS/c1-9-2-3-10(14)6-12(9)17-8-11-7-16-4-5-18-13(16)15-11/h2-7H,8,14H2,1H3. The van der Waals surface area contributed by atoms with Crippen molar-refractivity contribution in [2.75, 3.05) is 5.73 Å². The number of anilines is 1. The Balaban J connectivity index is 1.77. The second-order valence-corrected chi connectivity index (χ2v) is 5.01. The van der Waals surface area contributed by atoms with E-state index in [-0.39, 0.29) is 0 Å². The van der Waals surface area contributed by atoms with Gasteiger partial charge in [0.15, 0.2) is 4.96 Å². The zero-order valence-electron chi connectivity index (χ0n) is 9.96. The Hall–Kier alpha value is -2.01. The van der Waals surface area contributed by atoms with Gasteiger partial charge >= 0.3 is 0 Å². The molecule has 0 saturated carbocycles. The monoisotopic (exact) mass is 259 g/mol. The Morgan fingerprint density at radius 2 is 2.33 bits per heavy atom. The summed E-state index contributed by atoms with van der Waals surface area (Å²) in [6, 6.07) is 5.67. The maximum atomic E-state index is 5.75. The van der Waals surface area contributed by atoms with Crippen LogP contribution in [-0.2, 0) is 6.61 Å². The zero-order valence-corrected chi connectivity index (χ0v) is 10.8. The van der Waals surface area contributed by atoms with Gasteiger partial charge < -0.3 is 10.5 Å². The number of hydrogen-bond acceptors (Lipinski definition) is 4. The first kappa shape index (κ1) is 11.1. The van der Waals surface area contributed by atoms with Crippen LogP contribution in [0.5, 0.6) is 5.75 Å². The third-order valence-corrected chi connectivity index (χ3v) is 3.50. The molecule has 1 aromatic carbocycles. The normalized spacial score (nSPS) is 10.9. The number of benzene rings is 1. The Bertz CT molecular complexity index is 658. The van der Waals surface area contributed by atoms with Gasteiger partial charge in [0.1, 0.15) is 12.4 Å². The molecule has 92 valence electrons. The second-order valence-electron chi connectivity index (χ2n) is 4.14. The first-order valence-electron chi connectivity index (χ1n) is 5.62. The van der Waals surface area contributed by atoms with Gasteiger partial charge in [-0.15, -0.1) is 11.3 Å². The number of nitrogens with two attached hydrogens (primary N) is 1. The molecular weight excluding hydrogens is 246 g/mol. The molecule has 0 unspecified atom stereocenters. The van der Waals surface area contributed by atoms with Crippen LogP contribution in [0.1, 0.15) is 11.3 Å². The maximum absolute atomic E-state index is 5.75. The quantitative estimate of drug-likeness (QED) is 0.736. The minimum Gasteiger partial charge on any atom is -0.487 e. The molecule has 3 rings (SSSR count). The number of aryl methyl sites for hydroxylation is 1. The van der Waals surface area contributed by atoms with Gasteiger partial charge in [-0.2, -0.15) is 0 Å². The van der Waals surface area contributed by atoms with Crippen LogP contribution >= 0.6 is 11.3 Å². The fourth-order valence-corrected chi connectivity index (χ4v) is 2.49. The van der Waals surface area contributed by atoms with E-state index in [0.717, 1.165) is 22.0 Å². The van der Waals surface area contributed by atoms with Crippen LogP contribution in [0.25, 0.3) is 4.96 Å². The molecule has 0 atom stereocenters. The van der Waals surface area contributed by atoms with E-state index in [2.05, 4.69) is 4.98 Å². The number of fused-ring (bicyclic) bond motifs is 1. The van der Waals surface area contributed by atoms with Gasteiger partial charge in [0.2, 0.25) is 0 Å². The van der Waals surface area contributed by atoms with Crippen molar-refractivity contribution < 1.29 is 4.74 Å². The van der Waals surface area contributed by atoms with Crippen molar-refractivity contribution in [2.45, 2.75) is 13.5 Å². The van der Waals surface area contributed by atoms with Crippen molar-refractivity contribution in [1.82, 2.24) is 9.38 Å². The number of nitrogens with zero attached hydrogens (tertiary/aromatic N) is 2. The highest BCUT2D eigenvalue weighted by Gasteiger charge is 2.05. The molecule has 0 fully saturated rings. The average Bonchev–Trinajstić information content (AvgIpc) is 2.90. The van der Waals surface area contributed by atoms with Gasteiger partial charge in [0, 0.05) is 29.5 Å². The van der Waals surface area contributed by atoms with Crippen LogP contribution in [0.15, 0.2) is 36.0 Å². The minimum absolute atomic E-state index is 0.457. The lowest BCUT2D eigenvalue weighted by molar-refractivity contribution is 0.300. The highest BCUT2D eigenvalue weighted by atomic mass is 32.1. The van der Waals surface area contributed by atoms with E-state index in [1.807, 2.05) is 47.3 Å².